The van der Waals surface area contributed by atoms with Crippen molar-refractivity contribution < 1.29 is 9.53 Å². The Balaban J connectivity index is 1.83. The van der Waals surface area contributed by atoms with Crippen molar-refractivity contribution in [1.82, 2.24) is 9.97 Å². The number of nitrogens with zero attached hydrogens (tertiary/aromatic N) is 1. The summed E-state index contributed by atoms with van der Waals surface area (Å²) in [5.74, 6) is 1.32. The number of aromatic amines is 1. The molecule has 1 aliphatic rings. The van der Waals surface area contributed by atoms with Crippen LogP contribution in [-0.2, 0) is 4.79 Å². The first-order valence-electron chi connectivity index (χ1n) is 6.40. The Morgan fingerprint density at radius 1 is 1.47 bits per heavy atom. The topological polar surface area (TPSA) is 55.0 Å². The molecule has 3 rings (SSSR count). The van der Waals surface area contributed by atoms with Gasteiger partial charge < -0.3 is 9.72 Å². The van der Waals surface area contributed by atoms with Gasteiger partial charge in [0, 0.05) is 23.7 Å². The van der Waals surface area contributed by atoms with E-state index >= 15 is 0 Å². The van der Waals surface area contributed by atoms with Crippen LogP contribution in [0.5, 0.6) is 5.75 Å². The van der Waals surface area contributed by atoms with E-state index in [1.807, 2.05) is 25.1 Å². The summed E-state index contributed by atoms with van der Waals surface area (Å²) in [7, 11) is 1.65. The van der Waals surface area contributed by atoms with E-state index in [9.17, 15) is 4.79 Å². The number of ketones is 1. The van der Waals surface area contributed by atoms with Gasteiger partial charge in [-0.2, -0.15) is 0 Å². The van der Waals surface area contributed by atoms with Crippen LogP contribution in [0.15, 0.2) is 23.4 Å². The maximum Gasteiger partial charge on any atom is 0.166 e. The van der Waals surface area contributed by atoms with Crippen LogP contribution in [0.3, 0.4) is 0 Å². The molecule has 0 spiro atoms. The summed E-state index contributed by atoms with van der Waals surface area (Å²) < 4.78 is 5.20. The Kier molecular flexibility index (Phi) is 3.22. The van der Waals surface area contributed by atoms with Crippen LogP contribution in [0.2, 0.25) is 0 Å². The molecular formula is C14H16N2O2S. The number of carbonyl (C=O) groups is 1. The van der Waals surface area contributed by atoms with Gasteiger partial charge in [-0.1, -0.05) is 18.7 Å². The normalized spacial score (nSPS) is 23.2. The highest BCUT2D eigenvalue weighted by atomic mass is 32.2. The van der Waals surface area contributed by atoms with Crippen LogP contribution in [-0.4, -0.2) is 28.1 Å². The molecule has 100 valence electrons. The fourth-order valence-corrected chi connectivity index (χ4v) is 3.62. The second kappa shape index (κ2) is 4.89. The standard InChI is InChI=1S/C14H16N2O2S/c1-8-12(17)5-6-13(8)19-14-15-10-4-3-9(18-2)7-11(10)16-14/h3-4,7-8,13H,5-6H2,1-2H3,(H,15,16). The Labute approximate surface area is 115 Å². The van der Waals surface area contributed by atoms with E-state index in [1.165, 1.54) is 0 Å². The third-order valence-corrected chi connectivity index (χ3v) is 5.03. The fraction of sp³-hybridized carbons (Fsp3) is 0.429. The zero-order chi connectivity index (χ0) is 13.4. The lowest BCUT2D eigenvalue weighted by Gasteiger charge is -2.10. The van der Waals surface area contributed by atoms with Crippen molar-refractivity contribution in [3.63, 3.8) is 0 Å². The number of H-pyrrole nitrogens is 1. The van der Waals surface area contributed by atoms with Gasteiger partial charge in [-0.05, 0) is 18.6 Å². The molecule has 0 bridgehead atoms. The summed E-state index contributed by atoms with van der Waals surface area (Å²) >= 11 is 1.67. The molecule has 1 N–H and O–H groups in total. The van der Waals surface area contributed by atoms with Crippen molar-refractivity contribution in [2.24, 2.45) is 5.92 Å². The number of methoxy groups -OCH3 is 1. The molecule has 2 aromatic rings. The summed E-state index contributed by atoms with van der Waals surface area (Å²) in [6, 6.07) is 5.78. The number of nitrogens with one attached hydrogen (secondary N) is 1. The SMILES string of the molecule is COc1ccc2nc(SC3CCC(=O)C3C)[nH]c2c1. The van der Waals surface area contributed by atoms with Crippen LogP contribution >= 0.6 is 11.8 Å². The van der Waals surface area contributed by atoms with E-state index in [0.717, 1.165) is 28.4 Å². The van der Waals surface area contributed by atoms with Crippen molar-refractivity contribution in [3.05, 3.63) is 18.2 Å². The maximum absolute atomic E-state index is 11.6. The number of hydrogen-bond donors (Lipinski definition) is 1. The minimum absolute atomic E-state index is 0.132. The number of rotatable bonds is 3. The van der Waals surface area contributed by atoms with Crippen LogP contribution < -0.4 is 4.74 Å². The van der Waals surface area contributed by atoms with Gasteiger partial charge in [-0.15, -0.1) is 0 Å². The van der Waals surface area contributed by atoms with E-state index < -0.39 is 0 Å². The lowest BCUT2D eigenvalue weighted by molar-refractivity contribution is -0.120. The molecule has 0 radical (unpaired) electrons. The van der Waals surface area contributed by atoms with Gasteiger partial charge in [0.1, 0.15) is 11.5 Å². The number of Topliss-reactive ketones (excluding diaryl/α,β-unsaturated/α-hetero) is 1. The Morgan fingerprint density at radius 2 is 2.32 bits per heavy atom. The molecule has 1 saturated carbocycles. The van der Waals surface area contributed by atoms with Gasteiger partial charge in [0.2, 0.25) is 0 Å². The highest BCUT2D eigenvalue weighted by Crippen LogP contribution is 2.36. The number of aromatic nitrogens is 2. The molecule has 1 fully saturated rings. The average Bonchev–Trinajstić information content (AvgIpc) is 2.95. The molecule has 1 aromatic carbocycles. The van der Waals surface area contributed by atoms with Gasteiger partial charge in [-0.25, -0.2) is 4.98 Å². The first-order valence-corrected chi connectivity index (χ1v) is 7.28. The van der Waals surface area contributed by atoms with Crippen LogP contribution in [0, 0.1) is 5.92 Å². The van der Waals surface area contributed by atoms with E-state index in [4.69, 9.17) is 4.74 Å². The number of benzene rings is 1. The van der Waals surface area contributed by atoms with Crippen LogP contribution in [0.1, 0.15) is 19.8 Å². The molecule has 2 atom stereocenters. The van der Waals surface area contributed by atoms with Gasteiger partial charge in [0.05, 0.1) is 18.1 Å². The average molecular weight is 276 g/mol. The van der Waals surface area contributed by atoms with E-state index in [2.05, 4.69) is 9.97 Å². The molecule has 1 heterocycles. The van der Waals surface area contributed by atoms with Gasteiger partial charge in [0.15, 0.2) is 5.16 Å². The fourth-order valence-electron chi connectivity index (χ4n) is 2.42. The number of thioether (sulfide) groups is 1. The van der Waals surface area contributed by atoms with Crippen molar-refractivity contribution >= 4 is 28.6 Å². The van der Waals surface area contributed by atoms with E-state index in [-0.39, 0.29) is 5.92 Å². The number of carbonyl (C=O) groups excluding carboxylic acids is 1. The Bertz CT molecular complexity index is 623. The number of imidazole rings is 1. The van der Waals surface area contributed by atoms with Crippen molar-refractivity contribution in [3.8, 4) is 5.75 Å². The summed E-state index contributed by atoms with van der Waals surface area (Å²) in [6.07, 6.45) is 1.65. The first kappa shape index (κ1) is 12.5. The van der Waals surface area contributed by atoms with Gasteiger partial charge in [-0.3, -0.25) is 4.79 Å². The summed E-state index contributed by atoms with van der Waals surface area (Å²) in [5, 5.41) is 1.23. The monoisotopic (exact) mass is 276 g/mol. The maximum atomic E-state index is 11.6. The second-order valence-corrected chi connectivity index (χ2v) is 6.10. The predicted octanol–water partition coefficient (Wildman–Crippen LogP) is 3.03. The number of fused-ring (bicyclic) bond motifs is 1. The molecule has 1 aromatic heterocycles. The highest BCUT2D eigenvalue weighted by Gasteiger charge is 2.32. The van der Waals surface area contributed by atoms with Crippen molar-refractivity contribution in [2.75, 3.05) is 7.11 Å². The summed E-state index contributed by atoms with van der Waals surface area (Å²) in [4.78, 5) is 19.4. The lowest BCUT2D eigenvalue weighted by atomic mass is 10.1. The molecule has 4 nitrogen and oxygen atoms in total. The molecule has 0 saturated heterocycles. The molecule has 5 heteroatoms. The van der Waals surface area contributed by atoms with Gasteiger partial charge >= 0.3 is 0 Å². The molecule has 0 aliphatic heterocycles. The molecule has 2 unspecified atom stereocenters. The highest BCUT2D eigenvalue weighted by molar-refractivity contribution is 7.99. The van der Waals surface area contributed by atoms with Crippen molar-refractivity contribution in [2.45, 2.75) is 30.2 Å². The molecule has 19 heavy (non-hydrogen) atoms. The van der Waals surface area contributed by atoms with Crippen molar-refractivity contribution in [1.29, 1.82) is 0 Å². The quantitative estimate of drug-likeness (QED) is 0.936. The van der Waals surface area contributed by atoms with Crippen LogP contribution in [0.25, 0.3) is 11.0 Å². The largest absolute Gasteiger partial charge is 0.497 e. The van der Waals surface area contributed by atoms with Crippen LogP contribution in [0.4, 0.5) is 0 Å². The number of hydrogen-bond acceptors (Lipinski definition) is 4. The zero-order valence-electron chi connectivity index (χ0n) is 11.0. The summed E-state index contributed by atoms with van der Waals surface area (Å²) in [6.45, 7) is 2.01. The second-order valence-electron chi connectivity index (χ2n) is 4.88. The molecular weight excluding hydrogens is 260 g/mol. The van der Waals surface area contributed by atoms with Gasteiger partial charge in [0.25, 0.3) is 0 Å². The number of ether oxygens (including phenoxy) is 1. The molecule has 0 amide bonds. The van der Waals surface area contributed by atoms with E-state index in [0.29, 0.717) is 17.5 Å². The Morgan fingerprint density at radius 3 is 3.00 bits per heavy atom. The smallest absolute Gasteiger partial charge is 0.166 e. The third kappa shape index (κ3) is 2.34. The third-order valence-electron chi connectivity index (χ3n) is 3.67. The minimum Gasteiger partial charge on any atom is -0.497 e. The minimum atomic E-state index is 0.132. The lowest BCUT2D eigenvalue weighted by Crippen LogP contribution is -2.12. The first-order chi connectivity index (χ1) is 9.17. The summed E-state index contributed by atoms with van der Waals surface area (Å²) in [5.41, 5.74) is 1.90. The molecule has 1 aliphatic carbocycles. The zero-order valence-corrected chi connectivity index (χ0v) is 11.8. The van der Waals surface area contributed by atoms with E-state index in [1.54, 1.807) is 18.9 Å². The Hall–Kier alpha value is -1.49. The predicted molar refractivity (Wildman–Crippen MR) is 75.7 cm³/mol.